The fourth-order valence-corrected chi connectivity index (χ4v) is 3.96. The molecule has 0 spiro atoms. The summed E-state index contributed by atoms with van der Waals surface area (Å²) in [6.07, 6.45) is 1.98. The van der Waals surface area contributed by atoms with Crippen molar-refractivity contribution in [3.05, 3.63) is 36.4 Å². The van der Waals surface area contributed by atoms with Crippen molar-refractivity contribution in [2.45, 2.75) is 32.4 Å². The van der Waals surface area contributed by atoms with Gasteiger partial charge in [-0.2, -0.15) is 5.10 Å². The van der Waals surface area contributed by atoms with Gasteiger partial charge in [0.25, 0.3) is 0 Å². The number of nitrogens with one attached hydrogen (secondary N) is 2. The number of aromatic nitrogens is 5. The van der Waals surface area contributed by atoms with Crippen molar-refractivity contribution >= 4 is 41.9 Å². The molecule has 0 saturated heterocycles. The van der Waals surface area contributed by atoms with Crippen LogP contribution in [0.1, 0.15) is 0 Å². The van der Waals surface area contributed by atoms with Crippen LogP contribution in [-0.4, -0.2) is 50.6 Å². The minimum Gasteiger partial charge on any atom is -0.465 e. The Morgan fingerprint density at radius 3 is 2.90 bits per heavy atom. The number of nitrogens with zero attached hydrogens (tertiary/aromatic N) is 4. The third-order valence-corrected chi connectivity index (χ3v) is 6.51. The molecule has 0 unspecified atom stereocenters. The Morgan fingerprint density at radius 1 is 1.35 bits per heavy atom. The van der Waals surface area contributed by atoms with Crippen LogP contribution in [0.3, 0.4) is 0 Å². The zero-order valence-electron chi connectivity index (χ0n) is 17.4. The number of anilines is 1. The second-order valence-corrected chi connectivity index (χ2v) is 14.1. The Morgan fingerprint density at radius 2 is 2.16 bits per heavy atom. The standard InChI is InChI=1S/C20H23FN6O3Si/c1-31(2,3)7-6-30-11-27-10-16(24-20(28)29)18-19(27)22-9-15(23-18)17-13-5-4-12(21)8-14(13)25-26-17/h4-5,8-10,24H,6-7,11H2,1-3H3,(H,25,26)(H,28,29). The van der Waals surface area contributed by atoms with E-state index in [1.54, 1.807) is 23.0 Å². The zero-order chi connectivity index (χ0) is 22.2. The van der Waals surface area contributed by atoms with E-state index < -0.39 is 14.2 Å². The largest absolute Gasteiger partial charge is 0.465 e. The molecule has 4 rings (SSSR count). The fraction of sp³-hybridized carbons (Fsp3) is 0.300. The minimum atomic E-state index is -1.22. The highest BCUT2D eigenvalue weighted by atomic mass is 28.3. The highest BCUT2D eigenvalue weighted by Crippen LogP contribution is 2.29. The van der Waals surface area contributed by atoms with Gasteiger partial charge in [0.1, 0.15) is 29.5 Å². The molecule has 1 amide bonds. The lowest BCUT2D eigenvalue weighted by atomic mass is 10.1. The number of halogens is 1. The number of benzene rings is 1. The average molecular weight is 443 g/mol. The summed E-state index contributed by atoms with van der Waals surface area (Å²) in [6.45, 7) is 7.68. The van der Waals surface area contributed by atoms with Gasteiger partial charge in [0.2, 0.25) is 0 Å². The van der Waals surface area contributed by atoms with Crippen LogP contribution in [0.4, 0.5) is 14.9 Å². The summed E-state index contributed by atoms with van der Waals surface area (Å²) in [5, 5.41) is 19.3. The molecule has 3 aromatic heterocycles. The Balaban J connectivity index is 1.69. The maximum atomic E-state index is 13.5. The van der Waals surface area contributed by atoms with Gasteiger partial charge in [0.05, 0.1) is 17.4 Å². The molecule has 0 saturated carbocycles. The third kappa shape index (κ3) is 4.57. The molecule has 162 valence electrons. The van der Waals surface area contributed by atoms with Crippen LogP contribution in [0, 0.1) is 5.82 Å². The number of hydrogen-bond acceptors (Lipinski definition) is 5. The Kier molecular flexibility index (Phi) is 5.46. The van der Waals surface area contributed by atoms with Gasteiger partial charge in [0.15, 0.2) is 5.65 Å². The van der Waals surface area contributed by atoms with Crippen molar-refractivity contribution < 1.29 is 19.0 Å². The van der Waals surface area contributed by atoms with Gasteiger partial charge in [-0.15, -0.1) is 0 Å². The predicted octanol–water partition coefficient (Wildman–Crippen LogP) is 4.52. The molecular weight excluding hydrogens is 419 g/mol. The van der Waals surface area contributed by atoms with Crippen LogP contribution in [0.15, 0.2) is 30.6 Å². The molecule has 9 nitrogen and oxygen atoms in total. The summed E-state index contributed by atoms with van der Waals surface area (Å²) < 4.78 is 21.0. The number of carboxylic acid groups (broad SMARTS) is 1. The predicted molar refractivity (Wildman–Crippen MR) is 118 cm³/mol. The van der Waals surface area contributed by atoms with E-state index >= 15 is 0 Å². The quantitative estimate of drug-likeness (QED) is 0.286. The van der Waals surface area contributed by atoms with E-state index in [2.05, 4.69) is 45.1 Å². The molecule has 0 aliphatic heterocycles. The highest BCUT2D eigenvalue weighted by Gasteiger charge is 2.18. The summed E-state index contributed by atoms with van der Waals surface area (Å²) in [6, 6.07) is 5.33. The first-order chi connectivity index (χ1) is 14.7. The first kappa shape index (κ1) is 20.9. The number of rotatable bonds is 7. The average Bonchev–Trinajstić information content (AvgIpc) is 3.25. The molecule has 0 fully saturated rings. The first-order valence-electron chi connectivity index (χ1n) is 9.79. The number of fused-ring (bicyclic) bond motifs is 2. The lowest BCUT2D eigenvalue weighted by Crippen LogP contribution is -2.22. The van der Waals surface area contributed by atoms with Crippen LogP contribution < -0.4 is 5.32 Å². The number of amides is 1. The van der Waals surface area contributed by atoms with E-state index in [9.17, 15) is 14.3 Å². The Hall–Kier alpha value is -3.31. The van der Waals surface area contributed by atoms with E-state index in [0.29, 0.717) is 45.7 Å². The normalized spacial score (nSPS) is 12.0. The van der Waals surface area contributed by atoms with Gasteiger partial charge in [-0.25, -0.2) is 19.2 Å². The topological polar surface area (TPSA) is 118 Å². The summed E-state index contributed by atoms with van der Waals surface area (Å²) in [7, 11) is -1.22. The smallest absolute Gasteiger partial charge is 0.409 e. The Bertz CT molecular complexity index is 1260. The number of ether oxygens (including phenoxy) is 1. The molecule has 1 aromatic carbocycles. The molecule has 11 heteroatoms. The summed E-state index contributed by atoms with van der Waals surface area (Å²) in [4.78, 5) is 20.3. The summed E-state index contributed by atoms with van der Waals surface area (Å²) in [5.74, 6) is -0.372. The molecule has 0 bridgehead atoms. The number of H-pyrrole nitrogens is 1. The molecule has 0 aliphatic rings. The lowest BCUT2D eigenvalue weighted by molar-refractivity contribution is 0.0899. The minimum absolute atomic E-state index is 0.237. The van der Waals surface area contributed by atoms with E-state index in [0.717, 1.165) is 6.04 Å². The van der Waals surface area contributed by atoms with Gasteiger partial charge < -0.3 is 14.4 Å². The summed E-state index contributed by atoms with van der Waals surface area (Å²) in [5.41, 5.74) is 2.66. The molecule has 0 aliphatic carbocycles. The maximum absolute atomic E-state index is 13.5. The third-order valence-electron chi connectivity index (χ3n) is 4.80. The molecular formula is C20H23FN6O3Si. The van der Waals surface area contributed by atoms with Crippen molar-refractivity contribution in [3.63, 3.8) is 0 Å². The zero-order valence-corrected chi connectivity index (χ0v) is 18.4. The van der Waals surface area contributed by atoms with E-state index in [1.807, 2.05) is 0 Å². The first-order valence-corrected chi connectivity index (χ1v) is 13.5. The van der Waals surface area contributed by atoms with Crippen LogP contribution in [-0.2, 0) is 11.5 Å². The second-order valence-electron chi connectivity index (χ2n) is 8.48. The van der Waals surface area contributed by atoms with Crippen molar-refractivity contribution in [2.75, 3.05) is 11.9 Å². The highest BCUT2D eigenvalue weighted by molar-refractivity contribution is 6.76. The van der Waals surface area contributed by atoms with Gasteiger partial charge in [0, 0.05) is 26.3 Å². The monoisotopic (exact) mass is 442 g/mol. The van der Waals surface area contributed by atoms with E-state index in [4.69, 9.17) is 4.74 Å². The van der Waals surface area contributed by atoms with Crippen molar-refractivity contribution in [1.82, 2.24) is 24.7 Å². The number of hydrogen-bond donors (Lipinski definition) is 3. The van der Waals surface area contributed by atoms with Crippen LogP contribution in [0.25, 0.3) is 33.5 Å². The molecule has 4 aromatic rings. The Labute approximate surface area is 178 Å². The molecule has 3 N–H and O–H groups in total. The van der Waals surface area contributed by atoms with Gasteiger partial charge in [-0.3, -0.25) is 10.4 Å². The molecule has 0 radical (unpaired) electrons. The molecule has 0 atom stereocenters. The van der Waals surface area contributed by atoms with Crippen molar-refractivity contribution in [2.24, 2.45) is 0 Å². The van der Waals surface area contributed by atoms with Gasteiger partial charge in [-0.05, 0) is 24.2 Å². The lowest BCUT2D eigenvalue weighted by Gasteiger charge is -2.15. The van der Waals surface area contributed by atoms with Gasteiger partial charge in [-0.1, -0.05) is 19.6 Å². The molecule has 31 heavy (non-hydrogen) atoms. The molecule has 3 heterocycles. The van der Waals surface area contributed by atoms with E-state index in [-0.39, 0.29) is 12.5 Å². The van der Waals surface area contributed by atoms with E-state index in [1.165, 1.54) is 12.1 Å². The number of carbonyl (C=O) groups is 1. The fourth-order valence-electron chi connectivity index (χ4n) is 3.20. The number of aromatic amines is 1. The van der Waals surface area contributed by atoms with Crippen molar-refractivity contribution in [3.8, 4) is 11.4 Å². The van der Waals surface area contributed by atoms with Gasteiger partial charge >= 0.3 is 6.09 Å². The summed E-state index contributed by atoms with van der Waals surface area (Å²) >= 11 is 0. The van der Waals surface area contributed by atoms with Crippen LogP contribution in [0.2, 0.25) is 25.7 Å². The second kappa shape index (κ2) is 8.08. The van der Waals surface area contributed by atoms with Crippen LogP contribution in [0.5, 0.6) is 0 Å². The maximum Gasteiger partial charge on any atom is 0.409 e. The SMILES string of the molecule is C[Si](C)(C)CCOCn1cc(NC(=O)O)c2nc(-c3n[nH]c4cc(F)ccc34)cnc21. The van der Waals surface area contributed by atoms with Crippen LogP contribution >= 0.6 is 0 Å². The van der Waals surface area contributed by atoms with Crippen molar-refractivity contribution in [1.29, 1.82) is 0 Å².